The van der Waals surface area contributed by atoms with Crippen LogP contribution in [0.4, 0.5) is 0 Å². The van der Waals surface area contributed by atoms with Gasteiger partial charge in [-0.05, 0) is 43.3 Å². The van der Waals surface area contributed by atoms with Gasteiger partial charge in [-0.25, -0.2) is 4.98 Å². The molecule has 140 valence electrons. The van der Waals surface area contributed by atoms with E-state index >= 15 is 0 Å². The van der Waals surface area contributed by atoms with E-state index in [2.05, 4.69) is 17.1 Å². The Bertz CT molecular complexity index is 1190. The molecular formula is C22H19N3O2S. The molecular weight excluding hydrogens is 370 g/mol. The summed E-state index contributed by atoms with van der Waals surface area (Å²) in [4.78, 5) is 25.6. The van der Waals surface area contributed by atoms with Crippen LogP contribution in [-0.2, 0) is 4.74 Å². The third-order valence-electron chi connectivity index (χ3n) is 5.12. The first-order valence-electron chi connectivity index (χ1n) is 9.33. The van der Waals surface area contributed by atoms with E-state index in [9.17, 15) is 4.79 Å². The Morgan fingerprint density at radius 3 is 3.00 bits per heavy atom. The van der Waals surface area contributed by atoms with Crippen LogP contribution in [-0.4, -0.2) is 46.6 Å². The van der Waals surface area contributed by atoms with Crippen molar-refractivity contribution < 1.29 is 9.53 Å². The molecule has 0 saturated carbocycles. The fourth-order valence-electron chi connectivity index (χ4n) is 3.59. The Hall–Kier alpha value is -2.83. The van der Waals surface area contributed by atoms with Crippen molar-refractivity contribution in [2.45, 2.75) is 13.0 Å². The summed E-state index contributed by atoms with van der Waals surface area (Å²) in [7, 11) is 0. The van der Waals surface area contributed by atoms with Crippen LogP contribution in [0.1, 0.15) is 16.6 Å². The predicted molar refractivity (Wildman–Crippen MR) is 112 cm³/mol. The Kier molecular flexibility index (Phi) is 4.30. The monoisotopic (exact) mass is 389 g/mol. The molecule has 1 amide bonds. The molecule has 1 saturated heterocycles. The highest BCUT2D eigenvalue weighted by Gasteiger charge is 2.26. The first-order chi connectivity index (χ1) is 13.7. The number of pyridine rings is 2. The molecule has 1 aliphatic heterocycles. The summed E-state index contributed by atoms with van der Waals surface area (Å²) in [5.74, 6) is 0.0668. The van der Waals surface area contributed by atoms with E-state index in [4.69, 9.17) is 9.72 Å². The number of hydrogen-bond acceptors (Lipinski definition) is 5. The summed E-state index contributed by atoms with van der Waals surface area (Å²) in [6.45, 7) is 3.85. The summed E-state index contributed by atoms with van der Waals surface area (Å²) < 4.78 is 5.44. The number of carbonyl (C=O) groups is 1. The second kappa shape index (κ2) is 6.96. The van der Waals surface area contributed by atoms with Crippen molar-refractivity contribution in [2.24, 2.45) is 0 Å². The maximum atomic E-state index is 12.9. The molecule has 5 nitrogen and oxygen atoms in total. The van der Waals surface area contributed by atoms with Crippen LogP contribution >= 0.6 is 11.3 Å². The van der Waals surface area contributed by atoms with Gasteiger partial charge in [-0.15, -0.1) is 11.3 Å². The number of amides is 1. The van der Waals surface area contributed by atoms with E-state index in [1.54, 1.807) is 6.20 Å². The zero-order valence-electron chi connectivity index (χ0n) is 15.5. The van der Waals surface area contributed by atoms with E-state index in [1.807, 2.05) is 48.2 Å². The first kappa shape index (κ1) is 17.3. The van der Waals surface area contributed by atoms with Gasteiger partial charge >= 0.3 is 0 Å². The summed E-state index contributed by atoms with van der Waals surface area (Å²) in [6.07, 6.45) is 1.80. The van der Waals surface area contributed by atoms with Gasteiger partial charge in [-0.2, -0.15) is 0 Å². The van der Waals surface area contributed by atoms with Gasteiger partial charge in [0.1, 0.15) is 4.83 Å². The van der Waals surface area contributed by atoms with Gasteiger partial charge in [-0.1, -0.05) is 12.1 Å². The van der Waals surface area contributed by atoms with Crippen LogP contribution < -0.4 is 0 Å². The molecule has 3 aromatic heterocycles. The zero-order chi connectivity index (χ0) is 19.1. The lowest BCUT2D eigenvalue weighted by Crippen LogP contribution is -2.46. The number of rotatable bonds is 2. The molecule has 1 aromatic carbocycles. The van der Waals surface area contributed by atoms with E-state index in [0.717, 1.165) is 37.3 Å². The fourth-order valence-corrected chi connectivity index (χ4v) is 4.58. The smallest absolute Gasteiger partial charge is 0.264 e. The van der Waals surface area contributed by atoms with Crippen molar-refractivity contribution in [3.8, 4) is 11.3 Å². The molecule has 6 heteroatoms. The molecule has 0 bridgehead atoms. The number of nitrogens with zero attached hydrogens (tertiary/aromatic N) is 3. The average molecular weight is 389 g/mol. The molecule has 1 aliphatic rings. The van der Waals surface area contributed by atoms with Gasteiger partial charge in [0.2, 0.25) is 0 Å². The Balaban J connectivity index is 1.50. The number of carbonyl (C=O) groups excluding carboxylic acids is 1. The molecule has 0 radical (unpaired) electrons. The summed E-state index contributed by atoms with van der Waals surface area (Å²) in [6, 6.07) is 16.2. The minimum atomic E-state index is 0.0668. The van der Waals surface area contributed by atoms with Crippen molar-refractivity contribution in [1.82, 2.24) is 14.9 Å². The van der Waals surface area contributed by atoms with Crippen LogP contribution in [0.5, 0.6) is 0 Å². The lowest BCUT2D eigenvalue weighted by atomic mass is 10.1. The number of ether oxygens (including phenoxy) is 1. The normalized spacial score (nSPS) is 17.3. The van der Waals surface area contributed by atoms with Crippen molar-refractivity contribution in [3.05, 3.63) is 59.6 Å². The van der Waals surface area contributed by atoms with Crippen LogP contribution in [0.2, 0.25) is 0 Å². The van der Waals surface area contributed by atoms with E-state index in [1.165, 1.54) is 11.3 Å². The van der Waals surface area contributed by atoms with Crippen LogP contribution in [0.25, 0.3) is 32.4 Å². The lowest BCUT2D eigenvalue weighted by Gasteiger charge is -2.32. The SMILES string of the molecule is C[C@H]1COCCN1C(=O)c1cc2ccc(-c3ccc4ncccc4c3)nc2s1. The second-order valence-electron chi connectivity index (χ2n) is 7.03. The standard InChI is InChI=1S/C22H19N3O2S/c1-14-13-27-10-9-25(14)22(26)20-12-17-5-7-19(24-21(17)28-20)16-4-6-18-15(11-16)3-2-8-23-18/h2-8,11-12,14H,9-10,13H2,1H3/t14-/m0/s1. The Morgan fingerprint density at radius 2 is 2.11 bits per heavy atom. The molecule has 0 aliphatic carbocycles. The van der Waals surface area contributed by atoms with Crippen molar-refractivity contribution in [1.29, 1.82) is 0 Å². The summed E-state index contributed by atoms with van der Waals surface area (Å²) in [5, 5.41) is 2.09. The Morgan fingerprint density at radius 1 is 1.18 bits per heavy atom. The van der Waals surface area contributed by atoms with Gasteiger partial charge in [-0.3, -0.25) is 9.78 Å². The topological polar surface area (TPSA) is 55.3 Å². The highest BCUT2D eigenvalue weighted by Crippen LogP contribution is 2.30. The Labute approximate surface area is 166 Å². The van der Waals surface area contributed by atoms with Crippen molar-refractivity contribution >= 4 is 38.4 Å². The van der Waals surface area contributed by atoms with Gasteiger partial charge in [0.25, 0.3) is 5.91 Å². The minimum absolute atomic E-state index is 0.0668. The molecule has 1 fully saturated rings. The van der Waals surface area contributed by atoms with Crippen molar-refractivity contribution in [3.63, 3.8) is 0 Å². The van der Waals surface area contributed by atoms with E-state index in [-0.39, 0.29) is 11.9 Å². The van der Waals surface area contributed by atoms with Crippen molar-refractivity contribution in [2.75, 3.05) is 19.8 Å². The largest absolute Gasteiger partial charge is 0.377 e. The molecule has 1 atom stereocenters. The van der Waals surface area contributed by atoms with E-state index in [0.29, 0.717) is 19.8 Å². The van der Waals surface area contributed by atoms with Crippen LogP contribution in [0.15, 0.2) is 54.7 Å². The number of hydrogen-bond donors (Lipinski definition) is 0. The molecule has 4 aromatic rings. The number of benzene rings is 1. The van der Waals surface area contributed by atoms with Gasteiger partial charge in [0.05, 0.1) is 35.3 Å². The third-order valence-corrected chi connectivity index (χ3v) is 6.15. The van der Waals surface area contributed by atoms with Gasteiger partial charge < -0.3 is 9.64 Å². The van der Waals surface area contributed by atoms with Crippen LogP contribution in [0.3, 0.4) is 0 Å². The number of fused-ring (bicyclic) bond motifs is 2. The fraction of sp³-hybridized carbons (Fsp3) is 0.227. The predicted octanol–water partition coefficient (Wildman–Crippen LogP) is 4.37. The molecule has 0 N–H and O–H groups in total. The average Bonchev–Trinajstić information content (AvgIpc) is 3.16. The lowest BCUT2D eigenvalue weighted by molar-refractivity contribution is 0.00387. The summed E-state index contributed by atoms with van der Waals surface area (Å²) in [5.41, 5.74) is 2.92. The molecule has 0 spiro atoms. The van der Waals surface area contributed by atoms with Gasteiger partial charge in [0, 0.05) is 29.1 Å². The number of aromatic nitrogens is 2. The number of thiophene rings is 1. The summed E-state index contributed by atoms with van der Waals surface area (Å²) >= 11 is 1.46. The maximum Gasteiger partial charge on any atom is 0.264 e. The number of morpholine rings is 1. The highest BCUT2D eigenvalue weighted by molar-refractivity contribution is 7.20. The van der Waals surface area contributed by atoms with Crippen LogP contribution in [0, 0.1) is 0 Å². The molecule has 0 unspecified atom stereocenters. The molecule has 28 heavy (non-hydrogen) atoms. The second-order valence-corrected chi connectivity index (χ2v) is 8.07. The maximum absolute atomic E-state index is 12.9. The molecule has 5 rings (SSSR count). The quantitative estimate of drug-likeness (QED) is 0.511. The molecule has 4 heterocycles. The third kappa shape index (κ3) is 3.04. The zero-order valence-corrected chi connectivity index (χ0v) is 16.3. The minimum Gasteiger partial charge on any atom is -0.377 e. The van der Waals surface area contributed by atoms with E-state index < -0.39 is 0 Å². The highest BCUT2D eigenvalue weighted by atomic mass is 32.1. The van der Waals surface area contributed by atoms with Gasteiger partial charge in [0.15, 0.2) is 0 Å². The first-order valence-corrected chi connectivity index (χ1v) is 10.2.